The average Bonchev–Trinajstić information content (AvgIpc) is 2.99. The molecule has 3 fully saturated rings. The first-order valence-corrected chi connectivity index (χ1v) is 14.9. The smallest absolute Gasteiger partial charge is 0.125 e. The first-order valence-electron chi connectivity index (χ1n) is 14.9. The highest BCUT2D eigenvalue weighted by Crippen LogP contribution is 2.59. The third-order valence-corrected chi connectivity index (χ3v) is 8.39. The van der Waals surface area contributed by atoms with Crippen LogP contribution in [0, 0.1) is 18.3 Å². The molecule has 238 valence electrons. The largest absolute Gasteiger partial charge is 0.507 e. The first-order chi connectivity index (χ1) is 21.2. The number of aldehydes is 1. The number of aliphatic hydroxyl groups excluding tert-OH is 1. The minimum Gasteiger partial charge on any atom is -0.507 e. The van der Waals surface area contributed by atoms with E-state index in [4.69, 9.17) is 22.3 Å². The van der Waals surface area contributed by atoms with Gasteiger partial charge < -0.3 is 42.4 Å². The molecule has 2 heterocycles. The first kappa shape index (κ1) is 34.1. The molecule has 11 heteroatoms. The Labute approximate surface area is 260 Å². The topological polar surface area (TPSA) is 180 Å². The SMILES string of the molecule is C=CC=CCNC(/C=C(\N)c1ccccc1O)=C(N)N.CO.Cc1ncc(N2CCN(C3CC4(CC(C=O)C4)C3)CC2)cn1. The van der Waals surface area contributed by atoms with Crippen LogP contribution in [0.3, 0.4) is 0 Å². The zero-order valence-electron chi connectivity index (χ0n) is 25.9. The Morgan fingerprint density at radius 2 is 1.70 bits per heavy atom. The molecule has 1 saturated heterocycles. The molecular formula is C33H48N8O3. The molecule has 1 aliphatic heterocycles. The van der Waals surface area contributed by atoms with Crippen molar-refractivity contribution in [3.8, 4) is 5.75 Å². The number of carbonyl (C=O) groups excluding carboxylic acids is 1. The lowest BCUT2D eigenvalue weighted by molar-refractivity contribution is -0.129. The number of hydrogen-bond acceptors (Lipinski definition) is 11. The van der Waals surface area contributed by atoms with Crippen molar-refractivity contribution in [1.29, 1.82) is 0 Å². The normalized spacial score (nSPS) is 22.8. The van der Waals surface area contributed by atoms with Crippen LogP contribution in [-0.4, -0.2) is 77.2 Å². The summed E-state index contributed by atoms with van der Waals surface area (Å²) in [4.78, 5) is 24.4. The standard InChI is InChI=1S/C17H24N4O.C15H20N4O.CH4O/c1-13-18-10-16(11-19-13)21-4-2-20(3-5-21)15-8-17(9-15)6-14(7-17)12-22;1-2-3-6-9-19-13(15(17)18)10-12(16)11-7-4-5-8-14(11)20;1-2/h10-12,14-15H,2-9H2,1H3;2-8,10,19-20H,1,9,16-18H2;2H,1H3/b;6-3?,12-10-;. The third-order valence-electron chi connectivity index (χ3n) is 8.39. The molecule has 2 saturated carbocycles. The van der Waals surface area contributed by atoms with Gasteiger partial charge in [-0.1, -0.05) is 36.9 Å². The van der Waals surface area contributed by atoms with Crippen LogP contribution in [-0.2, 0) is 4.79 Å². The number of carbonyl (C=O) groups is 1. The number of nitrogens with one attached hydrogen (secondary N) is 1. The van der Waals surface area contributed by atoms with Crippen molar-refractivity contribution in [2.75, 3.05) is 44.7 Å². The average molecular weight is 605 g/mol. The van der Waals surface area contributed by atoms with Crippen LogP contribution in [0.1, 0.15) is 37.1 Å². The van der Waals surface area contributed by atoms with E-state index in [2.05, 4.69) is 31.7 Å². The minimum atomic E-state index is 0.0998. The van der Waals surface area contributed by atoms with Crippen molar-refractivity contribution in [2.24, 2.45) is 28.5 Å². The molecule has 3 aliphatic rings. The highest BCUT2D eigenvalue weighted by molar-refractivity contribution is 5.69. The second-order valence-corrected chi connectivity index (χ2v) is 11.4. The lowest BCUT2D eigenvalue weighted by atomic mass is 9.50. The summed E-state index contributed by atoms with van der Waals surface area (Å²) in [7, 11) is 1.00. The molecule has 0 atom stereocenters. The van der Waals surface area contributed by atoms with Crippen LogP contribution < -0.4 is 27.4 Å². The molecule has 0 unspecified atom stereocenters. The number of allylic oxidation sites excluding steroid dienone is 3. The Hall–Kier alpha value is -4.35. The summed E-state index contributed by atoms with van der Waals surface area (Å²) in [5, 5.41) is 19.8. The van der Waals surface area contributed by atoms with Crippen molar-refractivity contribution < 1.29 is 15.0 Å². The summed E-state index contributed by atoms with van der Waals surface area (Å²) in [5.41, 5.74) is 20.2. The molecule has 0 bridgehead atoms. The van der Waals surface area contributed by atoms with Gasteiger partial charge in [-0.15, -0.1) is 0 Å². The summed E-state index contributed by atoms with van der Waals surface area (Å²) >= 11 is 0. The fourth-order valence-corrected chi connectivity index (χ4v) is 6.10. The summed E-state index contributed by atoms with van der Waals surface area (Å²) in [5.74, 6) is 1.41. The molecule has 11 nitrogen and oxygen atoms in total. The van der Waals surface area contributed by atoms with E-state index in [0.717, 1.165) is 70.0 Å². The Morgan fingerprint density at radius 3 is 2.27 bits per heavy atom. The molecule has 1 aromatic carbocycles. The van der Waals surface area contributed by atoms with E-state index in [1.807, 2.05) is 25.4 Å². The summed E-state index contributed by atoms with van der Waals surface area (Å²) < 4.78 is 0. The highest BCUT2D eigenvalue weighted by atomic mass is 16.3. The number of nitrogens with zero attached hydrogens (tertiary/aromatic N) is 4. The zero-order valence-corrected chi connectivity index (χ0v) is 25.9. The van der Waals surface area contributed by atoms with Gasteiger partial charge in [-0.3, -0.25) is 4.90 Å². The molecule has 2 aromatic rings. The van der Waals surface area contributed by atoms with Gasteiger partial charge in [-0.2, -0.15) is 0 Å². The maximum absolute atomic E-state index is 10.8. The number of phenolic OH excluding ortho intramolecular Hbond substituents is 1. The van der Waals surface area contributed by atoms with E-state index in [1.165, 1.54) is 12.8 Å². The van der Waals surface area contributed by atoms with E-state index >= 15 is 0 Å². The number of piperazine rings is 1. The van der Waals surface area contributed by atoms with Crippen molar-refractivity contribution in [1.82, 2.24) is 20.2 Å². The number of para-hydroxylation sites is 1. The van der Waals surface area contributed by atoms with Crippen LogP contribution in [0.25, 0.3) is 5.70 Å². The summed E-state index contributed by atoms with van der Waals surface area (Å²) in [6.07, 6.45) is 16.9. The second-order valence-electron chi connectivity index (χ2n) is 11.4. The van der Waals surface area contributed by atoms with Gasteiger partial charge >= 0.3 is 0 Å². The number of benzene rings is 1. The van der Waals surface area contributed by atoms with Crippen molar-refractivity contribution in [3.05, 3.63) is 90.4 Å². The maximum atomic E-state index is 10.8. The summed E-state index contributed by atoms with van der Waals surface area (Å²) in [6.45, 7) is 10.4. The fourth-order valence-electron chi connectivity index (χ4n) is 6.10. The number of hydrogen-bond donors (Lipinski definition) is 6. The van der Waals surface area contributed by atoms with Gasteiger partial charge in [0.05, 0.1) is 23.8 Å². The lowest BCUT2D eigenvalue weighted by Gasteiger charge is -2.60. The van der Waals surface area contributed by atoms with Crippen molar-refractivity contribution in [3.63, 3.8) is 0 Å². The number of aliphatic hydroxyl groups is 1. The van der Waals surface area contributed by atoms with E-state index < -0.39 is 0 Å². The predicted molar refractivity (Wildman–Crippen MR) is 176 cm³/mol. The number of aromatic nitrogens is 2. The quantitative estimate of drug-likeness (QED) is 0.183. The number of phenols is 1. The predicted octanol–water partition coefficient (Wildman–Crippen LogP) is 2.38. The van der Waals surface area contributed by atoms with Gasteiger partial charge in [0.2, 0.25) is 0 Å². The number of anilines is 1. The molecule has 44 heavy (non-hydrogen) atoms. The minimum absolute atomic E-state index is 0.0998. The van der Waals surface area contributed by atoms with Crippen LogP contribution in [0.15, 0.2) is 79.1 Å². The highest BCUT2D eigenvalue weighted by Gasteiger charge is 2.54. The monoisotopic (exact) mass is 604 g/mol. The lowest BCUT2D eigenvalue weighted by Crippen LogP contribution is -2.60. The van der Waals surface area contributed by atoms with Gasteiger partial charge in [0.15, 0.2) is 0 Å². The number of aromatic hydroxyl groups is 1. The van der Waals surface area contributed by atoms with Gasteiger partial charge in [0, 0.05) is 63.1 Å². The van der Waals surface area contributed by atoms with Crippen LogP contribution in [0.2, 0.25) is 0 Å². The molecule has 1 spiro atoms. The molecule has 0 amide bonds. The van der Waals surface area contributed by atoms with Gasteiger partial charge in [0.25, 0.3) is 0 Å². The summed E-state index contributed by atoms with van der Waals surface area (Å²) in [6, 6.07) is 7.53. The van der Waals surface area contributed by atoms with Gasteiger partial charge in [0.1, 0.15) is 23.7 Å². The third kappa shape index (κ3) is 9.08. The Bertz CT molecular complexity index is 1300. The molecule has 9 N–H and O–H groups in total. The molecule has 0 radical (unpaired) electrons. The van der Waals surface area contributed by atoms with Gasteiger partial charge in [-0.25, -0.2) is 9.97 Å². The molecule has 5 rings (SSSR count). The van der Waals surface area contributed by atoms with Crippen LogP contribution >= 0.6 is 0 Å². The Kier molecular flexibility index (Phi) is 12.8. The Balaban J connectivity index is 0.000000229. The molecular weight excluding hydrogens is 556 g/mol. The van der Waals surface area contributed by atoms with E-state index in [1.54, 1.807) is 42.5 Å². The number of rotatable bonds is 9. The molecule has 1 aromatic heterocycles. The second kappa shape index (κ2) is 16.5. The van der Waals surface area contributed by atoms with Crippen LogP contribution in [0.4, 0.5) is 5.69 Å². The van der Waals surface area contributed by atoms with E-state index in [0.29, 0.717) is 34.8 Å². The Morgan fingerprint density at radius 1 is 1.07 bits per heavy atom. The van der Waals surface area contributed by atoms with Crippen molar-refractivity contribution >= 4 is 17.7 Å². The van der Waals surface area contributed by atoms with Crippen LogP contribution in [0.5, 0.6) is 5.75 Å². The van der Waals surface area contributed by atoms with E-state index in [-0.39, 0.29) is 11.6 Å². The molecule has 2 aliphatic carbocycles. The number of aryl methyl sites for hydroxylation is 1. The van der Waals surface area contributed by atoms with Gasteiger partial charge in [-0.05, 0) is 56.2 Å². The fraction of sp³-hybridized carbons (Fsp3) is 0.424. The van der Waals surface area contributed by atoms with E-state index in [9.17, 15) is 9.90 Å². The van der Waals surface area contributed by atoms with Crippen molar-refractivity contribution in [2.45, 2.75) is 38.6 Å². The number of nitrogens with two attached hydrogens (primary N) is 3. The zero-order chi connectivity index (χ0) is 32.1. The maximum Gasteiger partial charge on any atom is 0.125 e.